The lowest BCUT2D eigenvalue weighted by molar-refractivity contribution is 0.252. The largest absolute Gasteiger partial charge is 0.359 e. The zero-order valence-electron chi connectivity index (χ0n) is 11.9. The standard InChI is InChI=1S/C14H17N3O3S/c1-9-3-4-11-10(7-9)13(18)12(8-16-11)17-14(19)15-5-6-21(2)20/h3-4,7-8H,5-6H2,1-2H3,(H,16,18)(H2,15,17,19)/t21-/m0/s1. The van der Waals surface area contributed by atoms with Gasteiger partial charge in [-0.2, -0.15) is 0 Å². The number of anilines is 1. The molecule has 0 aliphatic heterocycles. The summed E-state index contributed by atoms with van der Waals surface area (Å²) in [5, 5.41) is 5.59. The zero-order valence-corrected chi connectivity index (χ0v) is 12.7. The highest BCUT2D eigenvalue weighted by Crippen LogP contribution is 2.12. The maximum atomic E-state index is 12.3. The van der Waals surface area contributed by atoms with Crippen LogP contribution >= 0.6 is 0 Å². The van der Waals surface area contributed by atoms with E-state index in [4.69, 9.17) is 0 Å². The van der Waals surface area contributed by atoms with Crippen molar-refractivity contribution < 1.29 is 9.00 Å². The minimum Gasteiger partial charge on any atom is -0.359 e. The second-order valence-electron chi connectivity index (χ2n) is 4.74. The first kappa shape index (κ1) is 15.2. The monoisotopic (exact) mass is 307 g/mol. The number of carbonyl (C=O) groups is 1. The second-order valence-corrected chi connectivity index (χ2v) is 6.29. The van der Waals surface area contributed by atoms with Gasteiger partial charge in [-0.1, -0.05) is 11.6 Å². The molecule has 112 valence electrons. The Morgan fingerprint density at radius 2 is 2.14 bits per heavy atom. The molecule has 1 aromatic carbocycles. The number of amides is 2. The number of aryl methyl sites for hydroxylation is 1. The molecule has 21 heavy (non-hydrogen) atoms. The van der Waals surface area contributed by atoms with E-state index < -0.39 is 16.8 Å². The molecule has 2 aromatic rings. The third kappa shape index (κ3) is 3.91. The van der Waals surface area contributed by atoms with Crippen LogP contribution in [0, 0.1) is 6.92 Å². The van der Waals surface area contributed by atoms with Gasteiger partial charge in [-0.15, -0.1) is 0 Å². The molecule has 1 heterocycles. The lowest BCUT2D eigenvalue weighted by Gasteiger charge is -2.07. The maximum absolute atomic E-state index is 12.3. The van der Waals surface area contributed by atoms with Crippen molar-refractivity contribution in [2.45, 2.75) is 6.92 Å². The van der Waals surface area contributed by atoms with Gasteiger partial charge in [0.05, 0.1) is 0 Å². The Kier molecular flexibility index (Phi) is 4.74. The van der Waals surface area contributed by atoms with Crippen molar-refractivity contribution in [3.63, 3.8) is 0 Å². The van der Waals surface area contributed by atoms with Crippen LogP contribution in [0.25, 0.3) is 10.9 Å². The summed E-state index contributed by atoms with van der Waals surface area (Å²) in [4.78, 5) is 26.9. The van der Waals surface area contributed by atoms with Gasteiger partial charge in [0.15, 0.2) is 0 Å². The predicted molar refractivity (Wildman–Crippen MR) is 85.3 cm³/mol. The minimum absolute atomic E-state index is 0.184. The smallest absolute Gasteiger partial charge is 0.319 e. The summed E-state index contributed by atoms with van der Waals surface area (Å²) in [5.41, 5.74) is 1.64. The third-order valence-electron chi connectivity index (χ3n) is 2.96. The summed E-state index contributed by atoms with van der Waals surface area (Å²) in [6.45, 7) is 2.19. The van der Waals surface area contributed by atoms with Crippen LogP contribution in [0.3, 0.4) is 0 Å². The third-order valence-corrected chi connectivity index (χ3v) is 3.74. The SMILES string of the molecule is Cc1ccc2[nH]cc(NC(=O)NCC[S@](C)=O)c(=O)c2c1. The first-order valence-corrected chi connectivity index (χ1v) is 8.17. The number of H-pyrrole nitrogens is 1. The summed E-state index contributed by atoms with van der Waals surface area (Å²) in [7, 11) is -0.964. The quantitative estimate of drug-likeness (QED) is 0.796. The molecule has 0 aliphatic rings. The molecular formula is C14H17N3O3S. The van der Waals surface area contributed by atoms with Crippen LogP contribution in [0.2, 0.25) is 0 Å². The van der Waals surface area contributed by atoms with E-state index in [0.717, 1.165) is 11.1 Å². The highest BCUT2D eigenvalue weighted by atomic mass is 32.2. The highest BCUT2D eigenvalue weighted by Gasteiger charge is 2.08. The number of hydrogen-bond donors (Lipinski definition) is 3. The fourth-order valence-electron chi connectivity index (χ4n) is 1.90. The molecule has 3 N–H and O–H groups in total. The van der Waals surface area contributed by atoms with E-state index in [-0.39, 0.29) is 11.1 Å². The van der Waals surface area contributed by atoms with E-state index in [1.807, 2.05) is 19.1 Å². The van der Waals surface area contributed by atoms with E-state index >= 15 is 0 Å². The van der Waals surface area contributed by atoms with Crippen LogP contribution in [0.5, 0.6) is 0 Å². The van der Waals surface area contributed by atoms with Gasteiger partial charge in [-0.3, -0.25) is 9.00 Å². The molecule has 0 radical (unpaired) electrons. The van der Waals surface area contributed by atoms with Crippen LogP contribution in [0.4, 0.5) is 10.5 Å². The van der Waals surface area contributed by atoms with Crippen LogP contribution in [0.1, 0.15) is 5.56 Å². The molecule has 0 unspecified atom stereocenters. The zero-order chi connectivity index (χ0) is 15.4. The number of aromatic nitrogens is 1. The van der Waals surface area contributed by atoms with Crippen LogP contribution in [-0.4, -0.2) is 33.8 Å². The Labute approximate surface area is 124 Å². The van der Waals surface area contributed by atoms with Gasteiger partial charge in [0, 0.05) is 46.5 Å². The number of hydrogen-bond acceptors (Lipinski definition) is 3. The average Bonchev–Trinajstić information content (AvgIpc) is 2.42. The summed E-state index contributed by atoms with van der Waals surface area (Å²) in [6, 6.07) is 5.02. The molecule has 2 amide bonds. The van der Waals surface area contributed by atoms with Crippen molar-refractivity contribution >= 4 is 33.4 Å². The average molecular weight is 307 g/mol. The molecule has 0 saturated heterocycles. The number of nitrogens with one attached hydrogen (secondary N) is 3. The fourth-order valence-corrected chi connectivity index (χ4v) is 2.29. The Morgan fingerprint density at radius 3 is 2.86 bits per heavy atom. The molecule has 6 nitrogen and oxygen atoms in total. The number of fused-ring (bicyclic) bond motifs is 1. The number of rotatable bonds is 4. The lowest BCUT2D eigenvalue weighted by Crippen LogP contribution is -2.33. The van der Waals surface area contributed by atoms with E-state index in [9.17, 15) is 13.8 Å². The molecule has 0 spiro atoms. The van der Waals surface area contributed by atoms with Gasteiger partial charge in [0.2, 0.25) is 5.43 Å². The number of carbonyl (C=O) groups excluding carboxylic acids is 1. The molecule has 7 heteroatoms. The van der Waals surface area contributed by atoms with Crippen molar-refractivity contribution in [2.75, 3.05) is 23.9 Å². The van der Waals surface area contributed by atoms with Crippen LogP contribution < -0.4 is 16.1 Å². The van der Waals surface area contributed by atoms with Gasteiger partial charge in [0.25, 0.3) is 0 Å². The summed E-state index contributed by atoms with van der Waals surface area (Å²) >= 11 is 0. The van der Waals surface area contributed by atoms with Crippen molar-refractivity contribution in [1.29, 1.82) is 0 Å². The Hall–Kier alpha value is -2.15. The highest BCUT2D eigenvalue weighted by molar-refractivity contribution is 7.84. The second kappa shape index (κ2) is 6.53. The first-order valence-electron chi connectivity index (χ1n) is 6.44. The number of aromatic amines is 1. The van der Waals surface area contributed by atoms with Crippen molar-refractivity contribution in [3.8, 4) is 0 Å². The van der Waals surface area contributed by atoms with Gasteiger partial charge in [-0.05, 0) is 19.1 Å². The van der Waals surface area contributed by atoms with E-state index in [0.29, 0.717) is 17.7 Å². The van der Waals surface area contributed by atoms with Gasteiger partial charge in [-0.25, -0.2) is 4.79 Å². The van der Waals surface area contributed by atoms with E-state index in [1.54, 1.807) is 12.3 Å². The Morgan fingerprint density at radius 1 is 1.38 bits per heavy atom. The fraction of sp³-hybridized carbons (Fsp3) is 0.286. The predicted octanol–water partition coefficient (Wildman–Crippen LogP) is 1.34. The molecule has 0 fully saturated rings. The molecule has 0 bridgehead atoms. The van der Waals surface area contributed by atoms with E-state index in [2.05, 4.69) is 15.6 Å². The van der Waals surface area contributed by atoms with Gasteiger partial charge < -0.3 is 15.6 Å². The number of benzene rings is 1. The van der Waals surface area contributed by atoms with Gasteiger partial charge >= 0.3 is 6.03 Å². The molecular weight excluding hydrogens is 290 g/mol. The van der Waals surface area contributed by atoms with Gasteiger partial charge in [0.1, 0.15) is 5.69 Å². The number of urea groups is 1. The minimum atomic E-state index is -0.964. The molecule has 2 rings (SSSR count). The Bertz CT molecular complexity index is 755. The molecule has 0 aliphatic carbocycles. The maximum Gasteiger partial charge on any atom is 0.319 e. The topological polar surface area (TPSA) is 91.1 Å². The number of pyridine rings is 1. The summed E-state index contributed by atoms with van der Waals surface area (Å²) in [5.74, 6) is 0.376. The van der Waals surface area contributed by atoms with Crippen LogP contribution in [0.15, 0.2) is 29.2 Å². The normalized spacial score (nSPS) is 12.1. The molecule has 0 saturated carbocycles. The molecule has 1 atom stereocenters. The lowest BCUT2D eigenvalue weighted by atomic mass is 10.1. The van der Waals surface area contributed by atoms with E-state index in [1.165, 1.54) is 6.20 Å². The molecule has 1 aromatic heterocycles. The van der Waals surface area contributed by atoms with Crippen molar-refractivity contribution in [3.05, 3.63) is 40.2 Å². The van der Waals surface area contributed by atoms with Crippen molar-refractivity contribution in [2.24, 2.45) is 0 Å². The van der Waals surface area contributed by atoms with Crippen LogP contribution in [-0.2, 0) is 10.8 Å². The Balaban J connectivity index is 2.15. The first-order chi connectivity index (χ1) is 9.97. The van der Waals surface area contributed by atoms with Crippen molar-refractivity contribution in [1.82, 2.24) is 10.3 Å². The summed E-state index contributed by atoms with van der Waals surface area (Å²) in [6.07, 6.45) is 3.04. The summed E-state index contributed by atoms with van der Waals surface area (Å²) < 4.78 is 10.9.